The van der Waals surface area contributed by atoms with Crippen LogP contribution in [0, 0.1) is 41.2 Å². The van der Waals surface area contributed by atoms with E-state index >= 15 is 8.78 Å². The van der Waals surface area contributed by atoms with Crippen molar-refractivity contribution < 1.29 is 40.6 Å². The molecule has 6 bridgehead atoms. The number of carbonyl (C=O) groups is 1. The predicted molar refractivity (Wildman–Crippen MR) is 300 cm³/mol. The van der Waals surface area contributed by atoms with Crippen molar-refractivity contribution in [1.29, 1.82) is 10.5 Å². The summed E-state index contributed by atoms with van der Waals surface area (Å²) in [5.74, 6) is -8.06. The van der Waals surface area contributed by atoms with E-state index in [0.29, 0.717) is 97.6 Å². The number of aryl methyl sites for hydroxylation is 2. The monoisotopic (exact) mass is 1120 g/mol. The number of carbonyl (C=O) groups excluding carboxylic acids is 1. The molecule has 5 aromatic rings. The van der Waals surface area contributed by atoms with Gasteiger partial charge < -0.3 is 25.0 Å². The minimum absolute atomic E-state index is 0.00883. The normalized spacial score (nSPS) is 17.9. The molecule has 0 spiro atoms. The molecular weight excluding hydrogens is 1050 g/mol. The number of fused-ring (bicyclic) bond motifs is 2. The van der Waals surface area contributed by atoms with E-state index in [0.717, 1.165) is 25.0 Å². The minimum atomic E-state index is -3.56. The van der Waals surface area contributed by atoms with Gasteiger partial charge in [0.2, 0.25) is 6.41 Å². The molecular formula is C60H70F6N10O5. The zero-order chi connectivity index (χ0) is 59.5. The van der Waals surface area contributed by atoms with Gasteiger partial charge in [-0.3, -0.25) is 28.5 Å². The van der Waals surface area contributed by atoms with Crippen LogP contribution in [0.3, 0.4) is 0 Å². The quantitative estimate of drug-likeness (QED) is 0.0253. The average molecular weight is 1130 g/mol. The van der Waals surface area contributed by atoms with Crippen molar-refractivity contribution in [3.05, 3.63) is 150 Å². The van der Waals surface area contributed by atoms with E-state index in [9.17, 15) is 42.5 Å². The van der Waals surface area contributed by atoms with Gasteiger partial charge in [-0.15, -0.1) is 6.58 Å². The number of anilines is 2. The third kappa shape index (κ3) is 13.8. The van der Waals surface area contributed by atoms with E-state index in [1.54, 1.807) is 69.8 Å². The highest BCUT2D eigenvalue weighted by Crippen LogP contribution is 2.48. The number of nitrogens with zero attached hydrogens (tertiary/aromatic N) is 8. The zero-order valence-electron chi connectivity index (χ0n) is 47.1. The molecule has 3 aliphatic rings. The van der Waals surface area contributed by atoms with Crippen molar-refractivity contribution in [2.24, 2.45) is 12.0 Å². The molecule has 21 heteroatoms. The van der Waals surface area contributed by atoms with Crippen molar-refractivity contribution in [1.82, 2.24) is 24.4 Å². The largest absolute Gasteiger partial charge is 0.375 e. The van der Waals surface area contributed by atoms with Crippen LogP contribution in [0.25, 0.3) is 11.0 Å². The number of hydrogen-bond acceptors (Lipinski definition) is 12. The van der Waals surface area contributed by atoms with Crippen molar-refractivity contribution >= 4 is 34.9 Å². The first kappa shape index (κ1) is 62.6. The van der Waals surface area contributed by atoms with Gasteiger partial charge >= 0.3 is 0 Å². The number of aromatic nitrogens is 4. The summed E-state index contributed by atoms with van der Waals surface area (Å²) in [7, 11) is 3.36. The van der Waals surface area contributed by atoms with Crippen LogP contribution in [-0.2, 0) is 50.5 Å². The van der Waals surface area contributed by atoms with Gasteiger partial charge in [-0.25, -0.2) is 18.7 Å². The maximum absolute atomic E-state index is 15.5. The zero-order valence-corrected chi connectivity index (χ0v) is 47.1. The van der Waals surface area contributed by atoms with Gasteiger partial charge in [0.05, 0.1) is 63.7 Å². The SMILES string of the molecule is C=CCCCN(C)c1c(C(=N[C@H](C)c2cccc(C(F)(F)COCC)c2F)NC=O)cc(C2(C#N)CC2)c(=O)n1C.CC.Cc1nc2c3cc(C4(C#N)CC4)c(=O)n(c3n1)CCC/C=C\COCC(F)(F)c1cccc(c1F)[C@@H](C)N2. The second kappa shape index (κ2) is 26.8. The molecule has 2 atom stereocenters. The number of nitrogens with one attached hydrogen (secondary N) is 2. The van der Waals surface area contributed by atoms with E-state index in [2.05, 4.69) is 44.3 Å². The van der Waals surface area contributed by atoms with Crippen LogP contribution in [0.5, 0.6) is 0 Å². The minimum Gasteiger partial charge on any atom is -0.375 e. The number of pyridine rings is 2. The van der Waals surface area contributed by atoms with Crippen LogP contribution in [-0.4, -0.2) is 71.4 Å². The Balaban J connectivity index is 0.000000254. The molecule has 0 saturated heterocycles. The summed E-state index contributed by atoms with van der Waals surface area (Å²) in [6.45, 7) is 13.1. The first-order valence-electron chi connectivity index (χ1n) is 27.1. The highest BCUT2D eigenvalue weighted by Gasteiger charge is 2.49. The molecule has 4 heterocycles. The molecule has 2 aromatic carbocycles. The molecule has 15 nitrogen and oxygen atoms in total. The molecule has 81 heavy (non-hydrogen) atoms. The molecule has 1 aliphatic heterocycles. The molecule has 3 aromatic heterocycles. The van der Waals surface area contributed by atoms with E-state index in [4.69, 9.17) is 9.47 Å². The molecule has 8 rings (SSSR count). The maximum Gasteiger partial charge on any atom is 0.298 e. The van der Waals surface area contributed by atoms with Crippen LogP contribution < -0.4 is 26.7 Å². The Morgan fingerprint density at radius 2 is 1.69 bits per heavy atom. The molecule has 2 aliphatic carbocycles. The Morgan fingerprint density at radius 1 is 1.02 bits per heavy atom. The van der Waals surface area contributed by atoms with Gasteiger partial charge in [-0.1, -0.05) is 56.3 Å². The summed E-state index contributed by atoms with van der Waals surface area (Å²) in [6, 6.07) is 13.6. The lowest BCUT2D eigenvalue weighted by molar-refractivity contribution is -0.108. The standard InChI is InChI=1S/C30H36F3N5O3.C28H28F3N5O2.C2H6/c1-6-8-9-15-37(4)27-22(16-24(28(40)38(27)5)29(17-34)13-14-29)26(35-19-39)36-20(3)21-11-10-12-23(25(21)31)30(32,33)18-41-7-2;1-17-19-8-7-9-21(23(19)29)28(30,31)16-38-13-6-4-3-5-12-36-25-20(24(33-17)34-18(2)35-25)14-22(26(36)37)27(15-32)10-11-27;1-2/h6,10-12,16,19-20H,1,7-9,13-15,18H2,2-5H3,(H,35,36,39);4,6-9,14,17H,3,5,10-13,16H2,1-2H3,(H,33,34,35);1-2H3/b;6-4-;/t20-;17-;/m11./s1. The van der Waals surface area contributed by atoms with Gasteiger partial charge in [-0.05, 0) is 103 Å². The maximum atomic E-state index is 15.5. The van der Waals surface area contributed by atoms with Gasteiger partial charge in [0.15, 0.2) is 0 Å². The number of benzene rings is 2. The number of rotatable bonds is 15. The Hall–Kier alpha value is -7.62. The predicted octanol–water partition coefficient (Wildman–Crippen LogP) is 11.3. The van der Waals surface area contributed by atoms with E-state index in [-0.39, 0.29) is 46.9 Å². The molecule has 432 valence electrons. The molecule has 2 fully saturated rings. The molecule has 1 amide bonds. The first-order chi connectivity index (χ1) is 38.6. The van der Waals surface area contributed by atoms with Crippen LogP contribution in [0.1, 0.15) is 143 Å². The smallest absolute Gasteiger partial charge is 0.298 e. The topological polar surface area (TPSA) is 193 Å². The van der Waals surface area contributed by atoms with E-state index in [1.165, 1.54) is 35.8 Å². The third-order valence-electron chi connectivity index (χ3n) is 14.5. The lowest BCUT2D eigenvalue weighted by Gasteiger charge is -2.27. The first-order valence-corrected chi connectivity index (χ1v) is 27.1. The average Bonchev–Trinajstić information content (AvgIpc) is 4.50. The summed E-state index contributed by atoms with van der Waals surface area (Å²) in [5.41, 5.74) is -2.57. The second-order valence-electron chi connectivity index (χ2n) is 20.1. The number of unbranched alkanes of at least 4 members (excludes halogenated alkanes) is 1. The Kier molecular flexibility index (Phi) is 20.7. The molecule has 2 saturated carbocycles. The lowest BCUT2D eigenvalue weighted by Crippen LogP contribution is -2.36. The van der Waals surface area contributed by atoms with Crippen LogP contribution in [0.15, 0.2) is 87.9 Å². The number of ether oxygens (including phenoxy) is 2. The van der Waals surface area contributed by atoms with Crippen LogP contribution in [0.2, 0.25) is 0 Å². The molecule has 2 N–H and O–H groups in total. The number of amides is 1. The fourth-order valence-corrected chi connectivity index (χ4v) is 9.73. The Labute approximate surface area is 468 Å². The fraction of sp³-hybridized carbons (Fsp3) is 0.467. The number of halogens is 6. The van der Waals surface area contributed by atoms with Crippen LogP contribution in [0.4, 0.5) is 38.0 Å². The van der Waals surface area contributed by atoms with E-state index < -0.39 is 70.7 Å². The number of nitriles is 2. The van der Waals surface area contributed by atoms with Crippen LogP contribution >= 0.6 is 0 Å². The van der Waals surface area contributed by atoms with Crippen molar-refractivity contribution in [3.8, 4) is 12.1 Å². The van der Waals surface area contributed by atoms with Crippen molar-refractivity contribution in [3.63, 3.8) is 0 Å². The van der Waals surface area contributed by atoms with E-state index in [1.807, 2.05) is 18.7 Å². The van der Waals surface area contributed by atoms with Crippen molar-refractivity contribution in [2.45, 2.75) is 134 Å². The number of allylic oxidation sites excluding steroid dienone is 2. The van der Waals surface area contributed by atoms with Gasteiger partial charge in [0.1, 0.15) is 53.8 Å². The Bertz CT molecular complexity index is 3370. The third-order valence-corrected chi connectivity index (χ3v) is 14.5. The summed E-state index contributed by atoms with van der Waals surface area (Å²) in [6.07, 6.45) is 10.5. The molecule has 0 radical (unpaired) electrons. The van der Waals surface area contributed by atoms with Crippen molar-refractivity contribution in [2.75, 3.05) is 50.2 Å². The highest BCUT2D eigenvalue weighted by molar-refractivity contribution is 6.07. The second-order valence-corrected chi connectivity index (χ2v) is 20.1. The van der Waals surface area contributed by atoms with Gasteiger partial charge in [0.25, 0.3) is 23.0 Å². The summed E-state index contributed by atoms with van der Waals surface area (Å²) in [4.78, 5) is 54.2. The number of aliphatic imine (C=N–C) groups is 1. The summed E-state index contributed by atoms with van der Waals surface area (Å²) in [5, 5.41) is 25.9. The lowest BCUT2D eigenvalue weighted by atomic mass is 9.96. The summed E-state index contributed by atoms with van der Waals surface area (Å²) < 4.78 is 103. The highest BCUT2D eigenvalue weighted by atomic mass is 19.3. The van der Waals surface area contributed by atoms with Gasteiger partial charge in [0, 0.05) is 56.0 Å². The number of hydrogen-bond donors (Lipinski definition) is 2. The Morgan fingerprint density at radius 3 is 2.32 bits per heavy atom. The summed E-state index contributed by atoms with van der Waals surface area (Å²) >= 11 is 0. The molecule has 0 unspecified atom stereocenters. The van der Waals surface area contributed by atoms with Gasteiger partial charge in [-0.2, -0.15) is 28.1 Å². The number of alkyl halides is 4. The number of amidine groups is 1. The fourth-order valence-electron chi connectivity index (χ4n) is 9.73.